The van der Waals surface area contributed by atoms with Crippen molar-refractivity contribution >= 4 is 21.8 Å². The van der Waals surface area contributed by atoms with Crippen molar-refractivity contribution in [1.82, 2.24) is 9.13 Å². The zero-order valence-corrected chi connectivity index (χ0v) is 18.9. The lowest BCUT2D eigenvalue weighted by molar-refractivity contribution is 0.650. The van der Waals surface area contributed by atoms with Crippen molar-refractivity contribution in [3.05, 3.63) is 133 Å². The summed E-state index contributed by atoms with van der Waals surface area (Å²) in [5.74, 6) is 0. The Bertz CT molecular complexity index is 1450. The van der Waals surface area contributed by atoms with E-state index in [-0.39, 0.29) is 5.41 Å². The van der Waals surface area contributed by atoms with Crippen LogP contribution in [0.1, 0.15) is 25.0 Å². The molecule has 160 valence electrons. The molecule has 0 saturated heterocycles. The summed E-state index contributed by atoms with van der Waals surface area (Å²) in [6, 6.07) is 38.7. The van der Waals surface area contributed by atoms with Gasteiger partial charge in [0.1, 0.15) is 0 Å². The maximum atomic E-state index is 2.35. The highest BCUT2D eigenvalue weighted by Crippen LogP contribution is 2.42. The first-order valence-electron chi connectivity index (χ1n) is 11.5. The highest BCUT2D eigenvalue weighted by molar-refractivity contribution is 5.91. The van der Waals surface area contributed by atoms with Gasteiger partial charge >= 0.3 is 0 Å². The molecule has 0 bridgehead atoms. The van der Waals surface area contributed by atoms with Crippen LogP contribution in [0.2, 0.25) is 0 Å². The predicted molar refractivity (Wildman–Crippen MR) is 139 cm³/mol. The first-order chi connectivity index (χ1) is 16.1. The minimum Gasteiger partial charge on any atom is -0.316 e. The van der Waals surface area contributed by atoms with E-state index in [0.29, 0.717) is 0 Å². The number of para-hydroxylation sites is 4. The Hall–Kier alpha value is -4.04. The standard InChI is InChI=1S/C31H26N2/c1-31(2,27-21-32(23-13-5-3-6-14-23)29-19-11-9-17-25(27)29)28-22-33(24-15-7-4-8-16-24)30-20-12-10-18-26(28)30/h3-22H,1-2H3. The van der Waals surface area contributed by atoms with E-state index in [1.54, 1.807) is 0 Å². The molecule has 6 rings (SSSR count). The molecule has 0 spiro atoms. The molecule has 2 heterocycles. The van der Waals surface area contributed by atoms with Gasteiger partial charge in [-0.15, -0.1) is 0 Å². The third-order valence-corrected chi connectivity index (χ3v) is 6.84. The first-order valence-corrected chi connectivity index (χ1v) is 11.5. The Labute approximate surface area is 194 Å². The van der Waals surface area contributed by atoms with Gasteiger partial charge in [0.2, 0.25) is 0 Å². The van der Waals surface area contributed by atoms with Crippen LogP contribution in [-0.4, -0.2) is 9.13 Å². The van der Waals surface area contributed by atoms with E-state index in [0.717, 1.165) is 0 Å². The van der Waals surface area contributed by atoms with Crippen molar-refractivity contribution < 1.29 is 0 Å². The molecular weight excluding hydrogens is 400 g/mol. The molecule has 0 aliphatic rings. The number of hydrogen-bond acceptors (Lipinski definition) is 0. The van der Waals surface area contributed by atoms with Crippen LogP contribution in [0, 0.1) is 0 Å². The fourth-order valence-corrected chi connectivity index (χ4v) is 5.10. The first kappa shape index (κ1) is 19.6. The van der Waals surface area contributed by atoms with Gasteiger partial charge in [0, 0.05) is 40.0 Å². The molecule has 0 N–H and O–H groups in total. The van der Waals surface area contributed by atoms with E-state index < -0.39 is 0 Å². The minimum atomic E-state index is -0.195. The second-order valence-electron chi connectivity index (χ2n) is 9.16. The molecule has 6 aromatic rings. The molecule has 2 heteroatoms. The van der Waals surface area contributed by atoms with Crippen LogP contribution in [0.3, 0.4) is 0 Å². The second kappa shape index (κ2) is 7.53. The summed E-state index contributed by atoms with van der Waals surface area (Å²) in [5.41, 5.74) is 7.30. The molecule has 4 aromatic carbocycles. The topological polar surface area (TPSA) is 9.86 Å². The maximum absolute atomic E-state index is 2.35. The number of aromatic nitrogens is 2. The fraction of sp³-hybridized carbons (Fsp3) is 0.0968. The highest BCUT2D eigenvalue weighted by Gasteiger charge is 2.31. The molecule has 2 aromatic heterocycles. The van der Waals surface area contributed by atoms with Crippen LogP contribution in [0.25, 0.3) is 33.2 Å². The SMILES string of the molecule is CC(C)(c1cn(-c2ccccc2)c2ccccc12)c1cn(-c2ccccc2)c2ccccc12. The van der Waals surface area contributed by atoms with E-state index in [4.69, 9.17) is 0 Å². The lowest BCUT2D eigenvalue weighted by Gasteiger charge is -2.24. The van der Waals surface area contributed by atoms with Gasteiger partial charge in [-0.1, -0.05) is 86.6 Å². The molecule has 33 heavy (non-hydrogen) atoms. The van der Waals surface area contributed by atoms with Gasteiger partial charge in [-0.25, -0.2) is 0 Å². The van der Waals surface area contributed by atoms with Gasteiger partial charge < -0.3 is 9.13 Å². The van der Waals surface area contributed by atoms with Gasteiger partial charge in [-0.3, -0.25) is 0 Å². The average molecular weight is 427 g/mol. The summed E-state index contributed by atoms with van der Waals surface area (Å²) >= 11 is 0. The quantitative estimate of drug-likeness (QED) is 0.271. The Kier molecular flexibility index (Phi) is 4.48. The van der Waals surface area contributed by atoms with Crippen molar-refractivity contribution in [1.29, 1.82) is 0 Å². The fourth-order valence-electron chi connectivity index (χ4n) is 5.10. The van der Waals surface area contributed by atoms with Crippen LogP contribution in [0.5, 0.6) is 0 Å². The number of hydrogen-bond donors (Lipinski definition) is 0. The van der Waals surface area contributed by atoms with Crippen LogP contribution < -0.4 is 0 Å². The lowest BCUT2D eigenvalue weighted by atomic mass is 9.78. The second-order valence-corrected chi connectivity index (χ2v) is 9.16. The summed E-state index contributed by atoms with van der Waals surface area (Å²) in [5, 5.41) is 2.59. The van der Waals surface area contributed by atoms with Crippen molar-refractivity contribution in [2.45, 2.75) is 19.3 Å². The molecule has 0 radical (unpaired) electrons. The van der Waals surface area contributed by atoms with E-state index in [9.17, 15) is 0 Å². The zero-order chi connectivity index (χ0) is 22.4. The number of rotatable bonds is 4. The van der Waals surface area contributed by atoms with Gasteiger partial charge in [-0.05, 0) is 47.5 Å². The molecule has 0 unspecified atom stereocenters. The molecule has 0 atom stereocenters. The Balaban J connectivity index is 1.61. The predicted octanol–water partition coefficient (Wildman–Crippen LogP) is 7.90. The van der Waals surface area contributed by atoms with Crippen LogP contribution >= 0.6 is 0 Å². The summed E-state index contributed by atoms with van der Waals surface area (Å²) in [4.78, 5) is 0. The van der Waals surface area contributed by atoms with Crippen molar-refractivity contribution in [3.63, 3.8) is 0 Å². The van der Waals surface area contributed by atoms with E-state index in [2.05, 4.69) is 145 Å². The summed E-state index contributed by atoms with van der Waals surface area (Å²) in [6.07, 6.45) is 4.66. The van der Waals surface area contributed by atoms with Crippen molar-refractivity contribution in [3.8, 4) is 11.4 Å². The third kappa shape index (κ3) is 3.10. The monoisotopic (exact) mass is 426 g/mol. The molecular formula is C31H26N2. The smallest absolute Gasteiger partial charge is 0.0531 e. The van der Waals surface area contributed by atoms with Gasteiger partial charge in [-0.2, -0.15) is 0 Å². The summed E-state index contributed by atoms with van der Waals surface area (Å²) < 4.78 is 4.64. The molecule has 0 fully saturated rings. The Morgan fingerprint density at radius 3 is 1.24 bits per heavy atom. The summed E-state index contributed by atoms with van der Waals surface area (Å²) in [7, 11) is 0. The Morgan fingerprint density at radius 2 is 0.818 bits per heavy atom. The largest absolute Gasteiger partial charge is 0.316 e. The Morgan fingerprint density at radius 1 is 0.455 bits per heavy atom. The lowest BCUT2D eigenvalue weighted by Crippen LogP contribution is -2.18. The number of nitrogens with zero attached hydrogens (tertiary/aromatic N) is 2. The van der Waals surface area contributed by atoms with E-state index >= 15 is 0 Å². The van der Waals surface area contributed by atoms with Crippen molar-refractivity contribution in [2.75, 3.05) is 0 Å². The highest BCUT2D eigenvalue weighted by atomic mass is 15.0. The molecule has 0 aliphatic heterocycles. The molecule has 0 amide bonds. The third-order valence-electron chi connectivity index (χ3n) is 6.84. The van der Waals surface area contributed by atoms with Crippen LogP contribution in [0.4, 0.5) is 0 Å². The molecule has 2 nitrogen and oxygen atoms in total. The zero-order valence-electron chi connectivity index (χ0n) is 18.9. The van der Waals surface area contributed by atoms with Crippen LogP contribution in [0.15, 0.2) is 122 Å². The number of fused-ring (bicyclic) bond motifs is 2. The maximum Gasteiger partial charge on any atom is 0.0531 e. The minimum absolute atomic E-state index is 0.195. The number of benzene rings is 4. The summed E-state index contributed by atoms with van der Waals surface area (Å²) in [6.45, 7) is 4.70. The normalized spacial score (nSPS) is 11.9. The van der Waals surface area contributed by atoms with Crippen LogP contribution in [-0.2, 0) is 5.41 Å². The average Bonchev–Trinajstić information content (AvgIpc) is 3.46. The molecule has 0 aliphatic carbocycles. The van der Waals surface area contributed by atoms with Crippen molar-refractivity contribution in [2.24, 2.45) is 0 Å². The molecule has 0 saturated carbocycles. The van der Waals surface area contributed by atoms with Gasteiger partial charge in [0.05, 0.1) is 11.0 Å². The van der Waals surface area contributed by atoms with Gasteiger partial charge in [0.15, 0.2) is 0 Å². The van der Waals surface area contributed by atoms with E-state index in [1.165, 1.54) is 44.3 Å². The van der Waals surface area contributed by atoms with Gasteiger partial charge in [0.25, 0.3) is 0 Å². The van der Waals surface area contributed by atoms with E-state index in [1.807, 2.05) is 0 Å².